The number of fused-ring (bicyclic) bond motifs is 2. The van der Waals surface area contributed by atoms with Gasteiger partial charge >= 0.3 is 6.03 Å². The molecule has 0 saturated carbocycles. The van der Waals surface area contributed by atoms with E-state index in [1.54, 1.807) is 24.3 Å². The Morgan fingerprint density at radius 3 is 2.50 bits per heavy atom. The maximum atomic E-state index is 12.6. The van der Waals surface area contributed by atoms with Gasteiger partial charge in [-0.2, -0.15) is 0 Å². The van der Waals surface area contributed by atoms with Crippen LogP contribution in [0, 0.1) is 10.1 Å². The number of urea groups is 1. The lowest BCUT2D eigenvalue weighted by molar-refractivity contribution is -0.383. The molecule has 1 unspecified atom stereocenters. The molecule has 8 nitrogen and oxygen atoms in total. The zero-order valence-electron chi connectivity index (χ0n) is 12.5. The highest BCUT2D eigenvalue weighted by molar-refractivity contribution is 6.25. The molecule has 2 heterocycles. The first-order valence-corrected chi connectivity index (χ1v) is 7.48. The van der Waals surface area contributed by atoms with Crippen LogP contribution in [0.15, 0.2) is 36.4 Å². The Labute approximate surface area is 136 Å². The van der Waals surface area contributed by atoms with E-state index in [1.807, 2.05) is 0 Å². The number of aliphatic hydroxyl groups is 1. The predicted molar refractivity (Wildman–Crippen MR) is 84.6 cm³/mol. The van der Waals surface area contributed by atoms with Crippen molar-refractivity contribution in [1.82, 2.24) is 4.90 Å². The number of non-ortho nitro benzene ring substituents is 1. The fourth-order valence-electron chi connectivity index (χ4n) is 3.47. The molecule has 2 saturated heterocycles. The van der Waals surface area contributed by atoms with Crippen LogP contribution in [-0.2, 0) is 4.79 Å². The second kappa shape index (κ2) is 5.00. The molecule has 2 aliphatic rings. The third kappa shape index (κ3) is 1.89. The van der Waals surface area contributed by atoms with Gasteiger partial charge in [-0.25, -0.2) is 9.69 Å². The number of benzene rings is 2. The summed E-state index contributed by atoms with van der Waals surface area (Å²) in [4.78, 5) is 38.3. The zero-order valence-corrected chi connectivity index (χ0v) is 12.5. The van der Waals surface area contributed by atoms with Crippen molar-refractivity contribution in [3.8, 4) is 0 Å². The monoisotopic (exact) mass is 327 g/mol. The van der Waals surface area contributed by atoms with E-state index in [2.05, 4.69) is 0 Å². The molecule has 2 aromatic rings. The standard InChI is InChI=1S/C16H13N3O5/c20-9-7-14-15(21)18(16(22)17(14)8-9)12-5-6-13(19(23)24)11-4-2-1-3-10(11)12/h1-6,9,14,20H,7-8H2/t9-,14?/m0/s1. The minimum absolute atomic E-state index is 0.0793. The summed E-state index contributed by atoms with van der Waals surface area (Å²) in [5.41, 5.74) is 0.249. The molecule has 122 valence electrons. The van der Waals surface area contributed by atoms with Crippen molar-refractivity contribution < 1.29 is 19.6 Å². The highest BCUT2D eigenvalue weighted by Gasteiger charge is 2.51. The van der Waals surface area contributed by atoms with Gasteiger partial charge in [0.25, 0.3) is 11.6 Å². The van der Waals surface area contributed by atoms with Crippen LogP contribution in [0.25, 0.3) is 10.8 Å². The summed E-state index contributed by atoms with van der Waals surface area (Å²) in [6.45, 7) is 0.122. The molecule has 0 spiro atoms. The van der Waals surface area contributed by atoms with Crippen LogP contribution in [-0.4, -0.2) is 45.6 Å². The number of nitrogens with zero attached hydrogens (tertiary/aromatic N) is 3. The van der Waals surface area contributed by atoms with Gasteiger partial charge in [-0.05, 0) is 12.1 Å². The Balaban J connectivity index is 1.87. The van der Waals surface area contributed by atoms with Gasteiger partial charge in [0.2, 0.25) is 0 Å². The van der Waals surface area contributed by atoms with E-state index in [0.717, 1.165) is 4.90 Å². The second-order valence-corrected chi connectivity index (χ2v) is 5.92. The molecular weight excluding hydrogens is 314 g/mol. The number of carbonyl (C=O) groups is 2. The molecule has 1 N–H and O–H groups in total. The van der Waals surface area contributed by atoms with Gasteiger partial charge in [-0.1, -0.05) is 18.2 Å². The van der Waals surface area contributed by atoms with Gasteiger partial charge in [0.15, 0.2) is 0 Å². The summed E-state index contributed by atoms with van der Waals surface area (Å²) in [5, 5.41) is 21.7. The Kier molecular flexibility index (Phi) is 3.04. The molecule has 0 aromatic heterocycles. The molecule has 2 fully saturated rings. The van der Waals surface area contributed by atoms with Gasteiger partial charge in [0.05, 0.1) is 22.1 Å². The summed E-state index contributed by atoms with van der Waals surface area (Å²) in [7, 11) is 0. The molecule has 0 radical (unpaired) electrons. The van der Waals surface area contributed by atoms with Gasteiger partial charge in [-0.15, -0.1) is 0 Å². The van der Waals surface area contributed by atoms with Crippen molar-refractivity contribution in [2.75, 3.05) is 11.4 Å². The van der Waals surface area contributed by atoms with Crippen molar-refractivity contribution in [2.24, 2.45) is 0 Å². The van der Waals surface area contributed by atoms with Crippen LogP contribution in [0.2, 0.25) is 0 Å². The first kappa shape index (κ1) is 14.6. The molecule has 24 heavy (non-hydrogen) atoms. The van der Waals surface area contributed by atoms with Crippen LogP contribution in [0.3, 0.4) is 0 Å². The van der Waals surface area contributed by atoms with Crippen LogP contribution in [0.1, 0.15) is 6.42 Å². The molecule has 0 bridgehead atoms. The maximum Gasteiger partial charge on any atom is 0.332 e. The minimum atomic E-state index is -0.696. The smallest absolute Gasteiger partial charge is 0.332 e. The van der Waals surface area contributed by atoms with Crippen LogP contribution in [0.5, 0.6) is 0 Å². The Morgan fingerprint density at radius 2 is 1.83 bits per heavy atom. The Morgan fingerprint density at radius 1 is 1.12 bits per heavy atom. The van der Waals surface area contributed by atoms with Crippen LogP contribution >= 0.6 is 0 Å². The molecule has 2 aromatic carbocycles. The van der Waals surface area contributed by atoms with Crippen LogP contribution < -0.4 is 4.90 Å². The normalized spacial score (nSPS) is 23.2. The number of carbonyl (C=O) groups excluding carboxylic acids is 2. The quantitative estimate of drug-likeness (QED) is 0.513. The average molecular weight is 327 g/mol. The molecule has 2 aliphatic heterocycles. The number of hydrogen-bond donors (Lipinski definition) is 1. The van der Waals surface area contributed by atoms with E-state index >= 15 is 0 Å². The number of rotatable bonds is 2. The summed E-state index contributed by atoms with van der Waals surface area (Å²) >= 11 is 0. The van der Waals surface area contributed by atoms with Crippen molar-refractivity contribution in [1.29, 1.82) is 0 Å². The second-order valence-electron chi connectivity index (χ2n) is 5.92. The van der Waals surface area contributed by atoms with E-state index in [9.17, 15) is 24.8 Å². The lowest BCUT2D eigenvalue weighted by Crippen LogP contribution is -2.35. The van der Waals surface area contributed by atoms with Crippen molar-refractivity contribution >= 4 is 34.1 Å². The van der Waals surface area contributed by atoms with E-state index in [-0.39, 0.29) is 18.7 Å². The molecule has 3 amide bonds. The Bertz CT molecular complexity index is 872. The lowest BCUT2D eigenvalue weighted by Gasteiger charge is -2.18. The number of aliphatic hydroxyl groups excluding tert-OH is 1. The van der Waals surface area contributed by atoms with Gasteiger partial charge in [0.1, 0.15) is 6.04 Å². The number of imide groups is 1. The largest absolute Gasteiger partial charge is 0.391 e. The average Bonchev–Trinajstić information content (AvgIpc) is 3.05. The number of nitro benzene ring substituents is 1. The number of amides is 3. The van der Waals surface area contributed by atoms with Crippen molar-refractivity contribution in [2.45, 2.75) is 18.6 Å². The highest BCUT2D eigenvalue weighted by Crippen LogP contribution is 2.38. The maximum absolute atomic E-state index is 12.6. The van der Waals surface area contributed by atoms with E-state index in [4.69, 9.17) is 0 Å². The van der Waals surface area contributed by atoms with Crippen molar-refractivity contribution in [3.63, 3.8) is 0 Å². The topological polar surface area (TPSA) is 104 Å². The summed E-state index contributed by atoms with van der Waals surface area (Å²) < 4.78 is 0. The van der Waals surface area contributed by atoms with Gasteiger partial charge < -0.3 is 10.0 Å². The van der Waals surface area contributed by atoms with E-state index in [1.165, 1.54) is 17.0 Å². The van der Waals surface area contributed by atoms with E-state index in [0.29, 0.717) is 16.5 Å². The number of nitro groups is 1. The molecule has 0 aliphatic carbocycles. The van der Waals surface area contributed by atoms with Gasteiger partial charge in [-0.3, -0.25) is 14.9 Å². The highest BCUT2D eigenvalue weighted by atomic mass is 16.6. The SMILES string of the molecule is O=C1C2C[C@H](O)CN2C(=O)N1c1ccc([N+](=O)[O-])c2ccccc12. The third-order valence-corrected chi connectivity index (χ3v) is 4.54. The number of hydrogen-bond acceptors (Lipinski definition) is 5. The van der Waals surface area contributed by atoms with E-state index < -0.39 is 29.0 Å². The minimum Gasteiger partial charge on any atom is -0.391 e. The lowest BCUT2D eigenvalue weighted by atomic mass is 10.1. The first-order chi connectivity index (χ1) is 11.5. The fraction of sp³-hybridized carbons (Fsp3) is 0.250. The molecule has 2 atom stereocenters. The van der Waals surface area contributed by atoms with Gasteiger partial charge in [0, 0.05) is 24.4 Å². The predicted octanol–water partition coefficient (Wildman–Crippen LogP) is 1.65. The van der Waals surface area contributed by atoms with Crippen molar-refractivity contribution in [3.05, 3.63) is 46.5 Å². The summed E-state index contributed by atoms with van der Waals surface area (Å²) in [6.07, 6.45) is -0.481. The fourth-order valence-corrected chi connectivity index (χ4v) is 3.47. The van der Waals surface area contributed by atoms with Crippen LogP contribution in [0.4, 0.5) is 16.2 Å². The zero-order chi connectivity index (χ0) is 17.0. The molecule has 4 rings (SSSR count). The summed E-state index contributed by atoms with van der Waals surface area (Å²) in [6, 6.07) is 8.17. The molecule has 8 heteroatoms. The molecular formula is C16H13N3O5. The Hall–Kier alpha value is -3.00. The first-order valence-electron chi connectivity index (χ1n) is 7.48. The number of anilines is 1. The summed E-state index contributed by atoms with van der Waals surface area (Å²) in [5.74, 6) is -0.407. The third-order valence-electron chi connectivity index (χ3n) is 4.54.